The van der Waals surface area contributed by atoms with Crippen LogP contribution in [0.25, 0.3) is 0 Å². The number of nitrogens with one attached hydrogen (secondary N) is 1. The quantitative estimate of drug-likeness (QED) is 0.682. The van der Waals surface area contributed by atoms with Crippen molar-refractivity contribution in [1.82, 2.24) is 4.98 Å². The molecule has 1 fully saturated rings. The molecule has 0 saturated heterocycles. The molecule has 1 N–H and O–H groups in total. The summed E-state index contributed by atoms with van der Waals surface area (Å²) in [5.41, 5.74) is -0.505. The fourth-order valence-corrected chi connectivity index (χ4v) is 3.11. The van der Waals surface area contributed by atoms with Crippen molar-refractivity contribution in [3.8, 4) is 11.5 Å². The van der Waals surface area contributed by atoms with Gasteiger partial charge in [-0.25, -0.2) is 0 Å². The Balaban J connectivity index is 0.00000243. The summed E-state index contributed by atoms with van der Waals surface area (Å²) in [6, 6.07) is 10.4. The Labute approximate surface area is 174 Å². The SMILES string of the molecule is CC(C)C1(C(=O)[O-])CC1C(=O)Nc1cccc(Oc2ccncc2)c1.[Na+]. The minimum absolute atomic E-state index is 0. The molecule has 26 heavy (non-hydrogen) atoms. The van der Waals surface area contributed by atoms with Crippen molar-refractivity contribution in [2.75, 3.05) is 5.32 Å². The van der Waals surface area contributed by atoms with Gasteiger partial charge in [0.15, 0.2) is 0 Å². The van der Waals surface area contributed by atoms with E-state index in [9.17, 15) is 14.7 Å². The normalized spacial score (nSPS) is 20.8. The van der Waals surface area contributed by atoms with Crippen molar-refractivity contribution in [3.05, 3.63) is 48.8 Å². The van der Waals surface area contributed by atoms with Crippen molar-refractivity contribution in [2.45, 2.75) is 20.3 Å². The standard InChI is InChI=1S/C19H20N2O4.Na/c1-12(2)19(18(23)24)11-16(19)17(22)21-13-4-3-5-15(10-13)25-14-6-8-20-9-7-14;/h3-10,12,16H,11H2,1-2H3,(H,21,22)(H,23,24);/q;+1/p-1. The first kappa shape index (κ1) is 20.4. The van der Waals surface area contributed by atoms with Crippen LogP contribution in [0.4, 0.5) is 5.69 Å². The van der Waals surface area contributed by atoms with E-state index in [1.54, 1.807) is 62.6 Å². The van der Waals surface area contributed by atoms with E-state index in [1.807, 2.05) is 0 Å². The second-order valence-corrected chi connectivity index (χ2v) is 6.54. The van der Waals surface area contributed by atoms with E-state index < -0.39 is 17.3 Å². The molecule has 1 aliphatic carbocycles. The molecule has 0 aliphatic heterocycles. The summed E-state index contributed by atoms with van der Waals surface area (Å²) in [6.45, 7) is 3.60. The Morgan fingerprint density at radius 1 is 1.23 bits per heavy atom. The number of ether oxygens (including phenoxy) is 1. The van der Waals surface area contributed by atoms with Gasteiger partial charge in [0, 0.05) is 35.5 Å². The zero-order chi connectivity index (χ0) is 18.0. The molecule has 1 aromatic heterocycles. The molecule has 3 rings (SSSR count). The number of carbonyl (C=O) groups excluding carboxylic acids is 2. The smallest absolute Gasteiger partial charge is 0.550 e. The molecule has 0 bridgehead atoms. The molecule has 1 aromatic carbocycles. The zero-order valence-corrected chi connectivity index (χ0v) is 17.1. The summed E-state index contributed by atoms with van der Waals surface area (Å²) >= 11 is 0. The third kappa shape index (κ3) is 4.09. The Morgan fingerprint density at radius 3 is 2.50 bits per heavy atom. The molecule has 1 amide bonds. The van der Waals surface area contributed by atoms with E-state index in [1.165, 1.54) is 0 Å². The molecular formula is C19H19N2NaO4. The van der Waals surface area contributed by atoms with Gasteiger partial charge in [0.25, 0.3) is 0 Å². The van der Waals surface area contributed by atoms with E-state index in [0.29, 0.717) is 23.6 Å². The third-order valence-corrected chi connectivity index (χ3v) is 4.72. The van der Waals surface area contributed by atoms with Gasteiger partial charge in [-0.1, -0.05) is 19.9 Å². The topological polar surface area (TPSA) is 91.3 Å². The van der Waals surface area contributed by atoms with Gasteiger partial charge in [-0.2, -0.15) is 0 Å². The summed E-state index contributed by atoms with van der Waals surface area (Å²) in [5.74, 6) is -0.987. The molecule has 2 aromatic rings. The Bertz CT molecular complexity index is 797. The number of rotatable bonds is 6. The minimum atomic E-state index is -1.16. The number of carboxylic acids is 1. The average molecular weight is 362 g/mol. The number of anilines is 1. The van der Waals surface area contributed by atoms with Crippen LogP contribution in [-0.2, 0) is 9.59 Å². The number of carbonyl (C=O) groups is 2. The summed E-state index contributed by atoms with van der Waals surface area (Å²) in [5, 5.41) is 14.2. The monoisotopic (exact) mass is 362 g/mol. The predicted molar refractivity (Wildman–Crippen MR) is 89.8 cm³/mol. The number of nitrogens with zero attached hydrogens (tertiary/aromatic N) is 1. The van der Waals surface area contributed by atoms with Crippen LogP contribution in [0.5, 0.6) is 11.5 Å². The first-order valence-corrected chi connectivity index (χ1v) is 8.13. The van der Waals surface area contributed by atoms with Gasteiger partial charge in [0.2, 0.25) is 5.91 Å². The fourth-order valence-electron chi connectivity index (χ4n) is 3.11. The van der Waals surface area contributed by atoms with Crippen molar-refractivity contribution >= 4 is 17.6 Å². The van der Waals surface area contributed by atoms with E-state index in [-0.39, 0.29) is 41.4 Å². The van der Waals surface area contributed by atoms with Gasteiger partial charge in [-0.05, 0) is 36.6 Å². The fraction of sp³-hybridized carbons (Fsp3) is 0.316. The van der Waals surface area contributed by atoms with Crippen molar-refractivity contribution < 1.29 is 49.0 Å². The molecule has 6 nitrogen and oxygen atoms in total. The van der Waals surface area contributed by atoms with Crippen LogP contribution >= 0.6 is 0 Å². The van der Waals surface area contributed by atoms with Crippen molar-refractivity contribution in [3.63, 3.8) is 0 Å². The van der Waals surface area contributed by atoms with Crippen LogP contribution < -0.4 is 44.7 Å². The van der Waals surface area contributed by atoms with Gasteiger partial charge >= 0.3 is 29.6 Å². The van der Waals surface area contributed by atoms with Crippen LogP contribution in [0.2, 0.25) is 0 Å². The summed E-state index contributed by atoms with van der Waals surface area (Å²) in [4.78, 5) is 27.8. The number of carboxylic acid groups (broad SMARTS) is 1. The number of aliphatic carboxylic acids is 1. The van der Waals surface area contributed by atoms with Crippen LogP contribution in [0.3, 0.4) is 0 Å². The molecule has 130 valence electrons. The second kappa shape index (κ2) is 8.20. The number of benzene rings is 1. The first-order valence-electron chi connectivity index (χ1n) is 8.13. The number of hydrogen-bond donors (Lipinski definition) is 1. The average Bonchev–Trinajstić information content (AvgIpc) is 3.33. The molecule has 1 aliphatic rings. The van der Waals surface area contributed by atoms with E-state index >= 15 is 0 Å². The Hall–Kier alpha value is -1.89. The van der Waals surface area contributed by atoms with Gasteiger partial charge in [0.1, 0.15) is 11.5 Å². The van der Waals surface area contributed by atoms with E-state index in [4.69, 9.17) is 4.74 Å². The third-order valence-electron chi connectivity index (χ3n) is 4.72. The molecule has 7 heteroatoms. The summed E-state index contributed by atoms with van der Waals surface area (Å²) in [6.07, 6.45) is 3.56. The second-order valence-electron chi connectivity index (χ2n) is 6.54. The number of pyridine rings is 1. The largest absolute Gasteiger partial charge is 1.00 e. The Morgan fingerprint density at radius 2 is 1.92 bits per heavy atom. The van der Waals surface area contributed by atoms with E-state index in [2.05, 4.69) is 10.3 Å². The van der Waals surface area contributed by atoms with E-state index in [0.717, 1.165) is 0 Å². The number of amides is 1. The van der Waals surface area contributed by atoms with Gasteiger partial charge in [-0.3, -0.25) is 9.78 Å². The van der Waals surface area contributed by atoms with Crippen LogP contribution in [-0.4, -0.2) is 16.9 Å². The molecule has 2 unspecified atom stereocenters. The molecule has 0 spiro atoms. The zero-order valence-electron chi connectivity index (χ0n) is 15.1. The summed E-state index contributed by atoms with van der Waals surface area (Å²) in [7, 11) is 0. The van der Waals surface area contributed by atoms with Crippen LogP contribution in [0, 0.1) is 17.3 Å². The molecule has 2 atom stereocenters. The number of hydrogen-bond acceptors (Lipinski definition) is 5. The van der Waals surface area contributed by atoms with Crippen molar-refractivity contribution in [1.29, 1.82) is 0 Å². The van der Waals surface area contributed by atoms with Gasteiger partial charge < -0.3 is 20.0 Å². The maximum atomic E-state index is 12.4. The minimum Gasteiger partial charge on any atom is -0.550 e. The maximum Gasteiger partial charge on any atom is 1.00 e. The Kier molecular flexibility index (Phi) is 6.44. The van der Waals surface area contributed by atoms with Crippen molar-refractivity contribution in [2.24, 2.45) is 17.3 Å². The van der Waals surface area contributed by atoms with Crippen LogP contribution in [0.15, 0.2) is 48.8 Å². The molecule has 1 heterocycles. The molecule has 1 saturated carbocycles. The van der Waals surface area contributed by atoms with Gasteiger partial charge in [-0.15, -0.1) is 0 Å². The summed E-state index contributed by atoms with van der Waals surface area (Å²) < 4.78 is 5.70. The van der Waals surface area contributed by atoms with Crippen LogP contribution in [0.1, 0.15) is 20.3 Å². The number of aromatic nitrogens is 1. The van der Waals surface area contributed by atoms with Gasteiger partial charge in [0.05, 0.1) is 5.92 Å². The predicted octanol–water partition coefficient (Wildman–Crippen LogP) is -0.771. The molecular weight excluding hydrogens is 343 g/mol. The maximum absolute atomic E-state index is 12.4. The molecule has 0 radical (unpaired) electrons. The first-order chi connectivity index (χ1) is 11.9.